The number of aryl methyl sites for hydroxylation is 1. The Hall–Kier alpha value is -2.09. The molecule has 3 aliphatic rings. The molecule has 8 nitrogen and oxygen atoms in total. The van der Waals surface area contributed by atoms with E-state index in [0.717, 1.165) is 57.6 Å². The van der Waals surface area contributed by atoms with Gasteiger partial charge in [-0.05, 0) is 39.0 Å². The first kappa shape index (κ1) is 18.3. The number of piperidine rings is 1. The number of aromatic nitrogens is 2. The van der Waals surface area contributed by atoms with E-state index in [0.29, 0.717) is 24.9 Å². The van der Waals surface area contributed by atoms with Gasteiger partial charge in [0.25, 0.3) is 0 Å². The van der Waals surface area contributed by atoms with Crippen LogP contribution in [0.3, 0.4) is 0 Å². The maximum absolute atomic E-state index is 13.3. The Morgan fingerprint density at radius 1 is 1.33 bits per heavy atom. The highest BCUT2D eigenvalue weighted by molar-refractivity contribution is 5.86. The lowest BCUT2D eigenvalue weighted by Gasteiger charge is -2.44. The van der Waals surface area contributed by atoms with Gasteiger partial charge in [-0.15, -0.1) is 0 Å². The topological polar surface area (TPSA) is 93.7 Å². The monoisotopic (exact) mass is 375 g/mol. The summed E-state index contributed by atoms with van der Waals surface area (Å²) in [7, 11) is 0. The number of amides is 2. The van der Waals surface area contributed by atoms with E-state index in [1.54, 1.807) is 10.7 Å². The number of nitrogens with two attached hydrogens (primary N) is 1. The first-order valence-corrected chi connectivity index (χ1v) is 9.95. The van der Waals surface area contributed by atoms with E-state index in [2.05, 4.69) is 10.00 Å². The molecule has 3 aliphatic heterocycles. The first-order valence-electron chi connectivity index (χ1n) is 9.95. The van der Waals surface area contributed by atoms with Crippen LogP contribution in [0.25, 0.3) is 0 Å². The van der Waals surface area contributed by atoms with Crippen LogP contribution in [0.5, 0.6) is 0 Å². The van der Waals surface area contributed by atoms with Crippen molar-refractivity contribution in [3.05, 3.63) is 11.8 Å². The molecule has 2 N–H and O–H groups in total. The minimum Gasteiger partial charge on any atom is -0.384 e. The van der Waals surface area contributed by atoms with Crippen LogP contribution in [0, 0.1) is 12.3 Å². The van der Waals surface area contributed by atoms with Gasteiger partial charge in [-0.25, -0.2) is 4.68 Å². The van der Waals surface area contributed by atoms with Gasteiger partial charge in [0.15, 0.2) is 0 Å². The molecule has 0 saturated carbocycles. The normalized spacial score (nSPS) is 26.9. The molecule has 0 unspecified atom stereocenters. The van der Waals surface area contributed by atoms with Crippen molar-refractivity contribution in [1.82, 2.24) is 19.6 Å². The SMILES string of the molecule is Cc1cc(N)n(CC(=O)N2CC[C@@]3(CCCN(C4CCOCC4)C3=O)C2)n1. The molecule has 2 amide bonds. The molecule has 0 bridgehead atoms. The van der Waals surface area contributed by atoms with E-state index in [1.807, 2.05) is 11.8 Å². The third-order valence-corrected chi connectivity index (χ3v) is 6.33. The predicted octanol–water partition coefficient (Wildman–Crippen LogP) is 0.794. The second-order valence-corrected chi connectivity index (χ2v) is 8.16. The van der Waals surface area contributed by atoms with Gasteiger partial charge in [0.2, 0.25) is 11.8 Å². The molecule has 27 heavy (non-hydrogen) atoms. The summed E-state index contributed by atoms with van der Waals surface area (Å²) < 4.78 is 6.99. The summed E-state index contributed by atoms with van der Waals surface area (Å²) in [5.74, 6) is 0.720. The minimum absolute atomic E-state index is 0.0161. The largest absolute Gasteiger partial charge is 0.384 e. The number of nitrogen functional groups attached to an aromatic ring is 1. The highest BCUT2D eigenvalue weighted by Gasteiger charge is 2.50. The fourth-order valence-corrected chi connectivity index (χ4v) is 4.83. The van der Waals surface area contributed by atoms with Crippen LogP contribution in [0.1, 0.15) is 37.8 Å². The Kier molecular flexibility index (Phi) is 4.84. The van der Waals surface area contributed by atoms with E-state index in [4.69, 9.17) is 10.5 Å². The lowest BCUT2D eigenvalue weighted by Crippen LogP contribution is -2.55. The van der Waals surface area contributed by atoms with Gasteiger partial charge in [0, 0.05) is 45.0 Å². The molecule has 148 valence electrons. The molecule has 3 saturated heterocycles. The first-order chi connectivity index (χ1) is 13.0. The Morgan fingerprint density at radius 3 is 2.81 bits per heavy atom. The van der Waals surface area contributed by atoms with Crippen LogP contribution in [0.2, 0.25) is 0 Å². The van der Waals surface area contributed by atoms with Gasteiger partial charge in [-0.2, -0.15) is 5.10 Å². The predicted molar refractivity (Wildman–Crippen MR) is 99.8 cm³/mol. The van der Waals surface area contributed by atoms with Crippen molar-refractivity contribution in [2.24, 2.45) is 5.41 Å². The van der Waals surface area contributed by atoms with Gasteiger partial charge < -0.3 is 20.3 Å². The summed E-state index contributed by atoms with van der Waals surface area (Å²) in [5.41, 5.74) is 6.30. The zero-order chi connectivity index (χ0) is 19.0. The minimum atomic E-state index is -0.405. The van der Waals surface area contributed by atoms with Crippen molar-refractivity contribution >= 4 is 17.6 Å². The van der Waals surface area contributed by atoms with Gasteiger partial charge in [-0.3, -0.25) is 9.59 Å². The van der Waals surface area contributed by atoms with Gasteiger partial charge in [0.05, 0.1) is 11.1 Å². The van der Waals surface area contributed by atoms with Crippen LogP contribution in [0.15, 0.2) is 6.07 Å². The number of anilines is 1. The number of carbonyl (C=O) groups excluding carboxylic acids is 2. The van der Waals surface area contributed by atoms with Crippen LogP contribution < -0.4 is 5.73 Å². The molecule has 0 aliphatic carbocycles. The summed E-state index contributed by atoms with van der Waals surface area (Å²) in [6.07, 6.45) is 4.48. The molecule has 3 fully saturated rings. The Labute approximate surface area is 159 Å². The maximum Gasteiger partial charge on any atom is 0.244 e. The fraction of sp³-hybridized carbons (Fsp3) is 0.737. The number of hydrogen-bond donors (Lipinski definition) is 1. The van der Waals surface area contributed by atoms with E-state index in [-0.39, 0.29) is 18.4 Å². The molecule has 4 rings (SSSR count). The summed E-state index contributed by atoms with van der Waals surface area (Å²) in [6.45, 7) is 5.44. The quantitative estimate of drug-likeness (QED) is 0.843. The Balaban J connectivity index is 1.43. The average molecular weight is 375 g/mol. The highest BCUT2D eigenvalue weighted by atomic mass is 16.5. The Bertz CT molecular complexity index is 727. The third kappa shape index (κ3) is 3.42. The number of nitrogens with zero attached hydrogens (tertiary/aromatic N) is 4. The van der Waals surface area contributed by atoms with Crippen molar-refractivity contribution in [2.75, 3.05) is 38.6 Å². The zero-order valence-corrected chi connectivity index (χ0v) is 16.0. The van der Waals surface area contributed by atoms with Crippen molar-refractivity contribution < 1.29 is 14.3 Å². The smallest absolute Gasteiger partial charge is 0.244 e. The molecule has 1 aromatic heterocycles. The van der Waals surface area contributed by atoms with Crippen LogP contribution >= 0.6 is 0 Å². The number of hydrogen-bond acceptors (Lipinski definition) is 5. The van der Waals surface area contributed by atoms with E-state index >= 15 is 0 Å². The molecule has 1 atom stereocenters. The zero-order valence-electron chi connectivity index (χ0n) is 16.0. The standard InChI is InChI=1S/C19H29N5O3/c1-14-11-16(20)24(21-14)12-17(25)22-8-6-19(13-22)5-2-7-23(18(19)26)15-3-9-27-10-4-15/h11,15H,2-10,12-13,20H2,1H3/t19-/m0/s1. The number of likely N-dealkylation sites (tertiary alicyclic amines) is 2. The second kappa shape index (κ2) is 7.14. The van der Waals surface area contributed by atoms with Crippen molar-refractivity contribution in [3.63, 3.8) is 0 Å². The van der Waals surface area contributed by atoms with Crippen molar-refractivity contribution in [3.8, 4) is 0 Å². The van der Waals surface area contributed by atoms with E-state index < -0.39 is 5.41 Å². The van der Waals surface area contributed by atoms with Crippen molar-refractivity contribution in [1.29, 1.82) is 0 Å². The van der Waals surface area contributed by atoms with Crippen LogP contribution in [-0.4, -0.2) is 70.3 Å². The Morgan fingerprint density at radius 2 is 2.11 bits per heavy atom. The third-order valence-electron chi connectivity index (χ3n) is 6.33. The molecule has 1 aromatic rings. The molecule has 0 radical (unpaired) electrons. The highest BCUT2D eigenvalue weighted by Crippen LogP contribution is 2.41. The molecule has 8 heteroatoms. The summed E-state index contributed by atoms with van der Waals surface area (Å²) in [6, 6.07) is 2.05. The fourth-order valence-electron chi connectivity index (χ4n) is 4.83. The maximum atomic E-state index is 13.3. The van der Waals surface area contributed by atoms with Crippen LogP contribution in [0.4, 0.5) is 5.82 Å². The summed E-state index contributed by atoms with van der Waals surface area (Å²) >= 11 is 0. The average Bonchev–Trinajstić information content (AvgIpc) is 3.22. The molecular weight excluding hydrogens is 346 g/mol. The van der Waals surface area contributed by atoms with Gasteiger partial charge >= 0.3 is 0 Å². The second-order valence-electron chi connectivity index (χ2n) is 8.16. The number of rotatable bonds is 3. The molecule has 1 spiro atoms. The number of ether oxygens (including phenoxy) is 1. The van der Waals surface area contributed by atoms with E-state index in [9.17, 15) is 9.59 Å². The lowest BCUT2D eigenvalue weighted by molar-refractivity contribution is -0.151. The summed E-state index contributed by atoms with van der Waals surface area (Å²) in [4.78, 5) is 30.0. The molecule has 4 heterocycles. The number of carbonyl (C=O) groups is 2. The molecular formula is C19H29N5O3. The summed E-state index contributed by atoms with van der Waals surface area (Å²) in [5, 5.41) is 4.27. The van der Waals surface area contributed by atoms with Crippen molar-refractivity contribution in [2.45, 2.75) is 51.6 Å². The van der Waals surface area contributed by atoms with Crippen LogP contribution in [-0.2, 0) is 20.9 Å². The van der Waals surface area contributed by atoms with Gasteiger partial charge in [0.1, 0.15) is 12.4 Å². The van der Waals surface area contributed by atoms with Gasteiger partial charge in [-0.1, -0.05) is 0 Å². The van der Waals surface area contributed by atoms with E-state index in [1.165, 1.54) is 0 Å². The molecule has 0 aromatic carbocycles. The lowest BCUT2D eigenvalue weighted by atomic mass is 9.77.